The van der Waals surface area contributed by atoms with E-state index in [-0.39, 0.29) is 47.0 Å². The summed E-state index contributed by atoms with van der Waals surface area (Å²) in [5.41, 5.74) is -0.0134. The molecule has 2 amide bonds. The molecule has 1 fully saturated rings. The number of ether oxygens (including phenoxy) is 2. The number of hydrogen-bond donors (Lipinski definition) is 1. The van der Waals surface area contributed by atoms with Crippen LogP contribution in [0.25, 0.3) is 22.6 Å². The number of aromatic nitrogens is 6. The van der Waals surface area contributed by atoms with Crippen molar-refractivity contribution in [1.82, 2.24) is 40.0 Å². The normalized spacial score (nSPS) is 17.7. The molecule has 1 N–H and O–H groups in total. The minimum Gasteiger partial charge on any atom is -0.463 e. The van der Waals surface area contributed by atoms with Crippen LogP contribution >= 0.6 is 11.6 Å². The molecule has 14 nitrogen and oxygen atoms in total. The summed E-state index contributed by atoms with van der Waals surface area (Å²) in [4.78, 5) is 53.9. The molecule has 2 aromatic heterocycles. The van der Waals surface area contributed by atoms with Gasteiger partial charge < -0.3 is 9.47 Å². The number of halogens is 6. The first-order chi connectivity index (χ1) is 29.8. The monoisotopic (exact) mass is 895 g/mol. The predicted octanol–water partition coefficient (Wildman–Crippen LogP) is 9.22. The van der Waals surface area contributed by atoms with Gasteiger partial charge in [-0.3, -0.25) is 19.8 Å². The molecule has 63 heavy (non-hydrogen) atoms. The molecule has 3 atom stereocenters. The van der Waals surface area contributed by atoms with Gasteiger partial charge in [-0.15, -0.1) is 0 Å². The number of amides is 2. The number of rotatable bonds is 14. The summed E-state index contributed by atoms with van der Waals surface area (Å²) in [6, 6.07) is 18.5. The lowest BCUT2D eigenvalue weighted by Crippen LogP contribution is -2.49. The van der Waals surface area contributed by atoms with E-state index in [1.807, 2.05) is 20.8 Å². The molecule has 3 heterocycles. The lowest BCUT2D eigenvalue weighted by molar-refractivity contribution is -0.181. The number of alkyl carbamates (subject to hydrolysis) is 1. The van der Waals surface area contributed by atoms with Crippen molar-refractivity contribution in [3.63, 3.8) is 0 Å². The molecule has 3 aromatic carbocycles. The molecule has 2 aliphatic rings. The van der Waals surface area contributed by atoms with Crippen LogP contribution in [0.1, 0.15) is 88.7 Å². The molecule has 5 aromatic rings. The number of carbonyl (C=O) groups is 3. The van der Waals surface area contributed by atoms with Crippen molar-refractivity contribution in [2.24, 2.45) is 16.3 Å². The molecule has 0 radical (unpaired) electrons. The molecule has 332 valence electrons. The van der Waals surface area contributed by atoms with Gasteiger partial charge in [-0.1, -0.05) is 100.0 Å². The number of esters is 1. The lowest BCUT2D eigenvalue weighted by Gasteiger charge is -2.35. The van der Waals surface area contributed by atoms with E-state index < -0.39 is 66.6 Å². The number of nitrogens with one attached hydrogen (secondary N) is 1. The van der Waals surface area contributed by atoms with Gasteiger partial charge in [0.1, 0.15) is 25.2 Å². The van der Waals surface area contributed by atoms with Gasteiger partial charge in [-0.25, -0.2) is 14.8 Å². The van der Waals surface area contributed by atoms with Crippen LogP contribution in [-0.2, 0) is 31.2 Å². The molecule has 1 aliphatic carbocycles. The van der Waals surface area contributed by atoms with Gasteiger partial charge in [0.15, 0.2) is 11.4 Å². The standard InChI is InChI=1S/C43H43ClF5N9O5/c1-25(43(47,48)49)18-35(59)62-22-34(28-12-17-32(44)31(19-28)36-50-24-52-57(36)38(45)46)56-37(60)42(23-41(2,3)4,54-39(56)53-40(61)63-21-26-8-6-5-7-9-26)29-13-10-27(11-14-29)33-20-51-58(55-33)30-15-16-30/h5-14,17,19-20,24-25,30,34,38H,15-16,18,21-23H2,1-4H3,(H,53,54,61)/t25-,34-,42-/m1/s1. The minimum atomic E-state index is -4.71. The van der Waals surface area contributed by atoms with Crippen molar-refractivity contribution in [1.29, 1.82) is 0 Å². The number of alkyl halides is 5. The van der Waals surface area contributed by atoms with Crippen LogP contribution in [0.3, 0.4) is 0 Å². The Morgan fingerprint density at radius 3 is 2.35 bits per heavy atom. The van der Waals surface area contributed by atoms with Crippen LogP contribution in [0.15, 0.2) is 90.3 Å². The molecule has 20 heteroatoms. The van der Waals surface area contributed by atoms with Gasteiger partial charge in [0, 0.05) is 11.1 Å². The molecule has 0 spiro atoms. The first-order valence-electron chi connectivity index (χ1n) is 20.0. The van der Waals surface area contributed by atoms with E-state index in [1.165, 1.54) is 18.2 Å². The summed E-state index contributed by atoms with van der Waals surface area (Å²) in [7, 11) is 0. The topological polar surface area (TPSA) is 159 Å². The number of guanidine groups is 1. The second kappa shape index (κ2) is 17.9. The fourth-order valence-corrected chi connectivity index (χ4v) is 7.41. The highest BCUT2D eigenvalue weighted by Gasteiger charge is 2.54. The highest BCUT2D eigenvalue weighted by molar-refractivity contribution is 6.33. The summed E-state index contributed by atoms with van der Waals surface area (Å²) in [6.45, 7) is 2.41. The highest BCUT2D eigenvalue weighted by atomic mass is 35.5. The first kappa shape index (κ1) is 44.8. The van der Waals surface area contributed by atoms with Gasteiger partial charge in [-0.2, -0.15) is 46.7 Å². The molecule has 0 unspecified atom stereocenters. The average molecular weight is 896 g/mol. The van der Waals surface area contributed by atoms with E-state index in [2.05, 4.69) is 25.6 Å². The smallest absolute Gasteiger partial charge is 0.414 e. The molecule has 0 saturated heterocycles. The van der Waals surface area contributed by atoms with E-state index in [0.29, 0.717) is 27.1 Å². The highest BCUT2D eigenvalue weighted by Crippen LogP contribution is 2.46. The third-order valence-electron chi connectivity index (χ3n) is 10.5. The number of hydrogen-bond acceptors (Lipinski definition) is 10. The van der Waals surface area contributed by atoms with Crippen LogP contribution in [0.4, 0.5) is 26.7 Å². The van der Waals surface area contributed by atoms with Gasteiger partial charge in [0.2, 0.25) is 5.96 Å². The molecule has 0 bridgehead atoms. The number of benzene rings is 3. The summed E-state index contributed by atoms with van der Waals surface area (Å²) in [5, 5.41) is 15.1. The fraction of sp³-hybridized carbons (Fsp3) is 0.395. The average Bonchev–Trinajstić information content (AvgIpc) is 3.62. The Bertz CT molecular complexity index is 2490. The zero-order chi connectivity index (χ0) is 45.3. The van der Waals surface area contributed by atoms with Crippen LogP contribution in [0, 0.1) is 11.3 Å². The Balaban J connectivity index is 1.34. The maximum absolute atomic E-state index is 15.6. The van der Waals surface area contributed by atoms with Crippen molar-refractivity contribution < 1.29 is 45.8 Å². The summed E-state index contributed by atoms with van der Waals surface area (Å²) in [6.07, 6.45) is -2.22. The Kier molecular flexibility index (Phi) is 12.7. The number of nitrogens with zero attached hydrogens (tertiary/aromatic N) is 8. The second-order valence-corrected chi connectivity index (χ2v) is 17.1. The molecule has 1 aliphatic heterocycles. The van der Waals surface area contributed by atoms with Crippen molar-refractivity contribution in [3.8, 4) is 22.6 Å². The second-order valence-electron chi connectivity index (χ2n) is 16.6. The third kappa shape index (κ3) is 10.2. The van der Waals surface area contributed by atoms with Crippen LogP contribution in [0.5, 0.6) is 0 Å². The van der Waals surface area contributed by atoms with Crippen LogP contribution < -0.4 is 5.32 Å². The van der Waals surface area contributed by atoms with E-state index in [9.17, 15) is 31.5 Å². The van der Waals surface area contributed by atoms with Gasteiger partial charge >= 0.3 is 24.8 Å². The minimum absolute atomic E-state index is 0.0491. The lowest BCUT2D eigenvalue weighted by atomic mass is 9.75. The maximum Gasteiger partial charge on any atom is 0.414 e. The summed E-state index contributed by atoms with van der Waals surface area (Å²) < 4.78 is 80.1. The Morgan fingerprint density at radius 2 is 1.70 bits per heavy atom. The Morgan fingerprint density at radius 1 is 0.984 bits per heavy atom. The predicted molar refractivity (Wildman–Crippen MR) is 219 cm³/mol. The number of aliphatic imine (C=N–C) groups is 1. The van der Waals surface area contributed by atoms with Crippen LogP contribution in [-0.4, -0.2) is 71.4 Å². The Labute approximate surface area is 363 Å². The maximum atomic E-state index is 15.6. The zero-order valence-corrected chi connectivity index (χ0v) is 35.3. The SMILES string of the molecule is C[C@H](CC(=O)OC[C@H](c1ccc(Cl)c(-c2ncnn2C(F)F)c1)N1C(=O)[C@@](CC(C)(C)C)(c2ccc(-c3cnn(C4CC4)n3)cc2)N=C1NC(=O)OCc1ccccc1)C(F)(F)F. The fourth-order valence-electron chi connectivity index (χ4n) is 7.21. The van der Waals surface area contributed by atoms with E-state index in [1.54, 1.807) is 65.6 Å². The molecule has 1 saturated carbocycles. The zero-order valence-electron chi connectivity index (χ0n) is 34.5. The van der Waals surface area contributed by atoms with Crippen molar-refractivity contribution >= 4 is 35.5 Å². The van der Waals surface area contributed by atoms with E-state index >= 15 is 4.79 Å². The Hall–Kier alpha value is -6.24. The number of carbonyl (C=O) groups excluding carboxylic acids is 3. The van der Waals surface area contributed by atoms with E-state index in [4.69, 9.17) is 26.1 Å². The van der Waals surface area contributed by atoms with Gasteiger partial charge in [-0.05, 0) is 53.5 Å². The van der Waals surface area contributed by atoms with Crippen molar-refractivity contribution in [3.05, 3.63) is 107 Å². The van der Waals surface area contributed by atoms with Crippen molar-refractivity contribution in [2.45, 2.75) is 90.3 Å². The first-order valence-corrected chi connectivity index (χ1v) is 20.3. The molecule has 7 rings (SSSR count). The quantitative estimate of drug-likeness (QED) is 0.0847. The van der Waals surface area contributed by atoms with Gasteiger partial charge in [0.05, 0.1) is 35.6 Å². The summed E-state index contributed by atoms with van der Waals surface area (Å²) >= 11 is 6.54. The largest absolute Gasteiger partial charge is 0.463 e. The van der Waals surface area contributed by atoms with Crippen molar-refractivity contribution in [2.75, 3.05) is 6.61 Å². The molecular formula is C43H43ClF5N9O5. The molecular weight excluding hydrogens is 853 g/mol. The van der Waals surface area contributed by atoms with E-state index in [0.717, 1.165) is 31.0 Å². The third-order valence-corrected chi connectivity index (χ3v) is 10.8. The summed E-state index contributed by atoms with van der Waals surface area (Å²) in [5.74, 6) is -4.74. The van der Waals surface area contributed by atoms with Crippen LogP contribution in [0.2, 0.25) is 5.02 Å². The van der Waals surface area contributed by atoms with Gasteiger partial charge in [0.25, 0.3) is 5.91 Å².